The smallest absolute Gasteiger partial charge is 0.308 e. The second-order valence-electron chi connectivity index (χ2n) is 18.5. The van der Waals surface area contributed by atoms with E-state index in [2.05, 4.69) is 0 Å². The summed E-state index contributed by atoms with van der Waals surface area (Å²) < 4.78 is 81.4. The van der Waals surface area contributed by atoms with Crippen molar-refractivity contribution in [1.29, 1.82) is 0 Å². The van der Waals surface area contributed by atoms with Crippen LogP contribution < -0.4 is 0 Å². The molecule has 14 nitrogen and oxygen atoms in total. The van der Waals surface area contributed by atoms with E-state index in [1.165, 1.54) is 0 Å². The molecule has 0 amide bonds. The van der Waals surface area contributed by atoms with Gasteiger partial charge in [0.15, 0.2) is 34.7 Å². The van der Waals surface area contributed by atoms with Crippen molar-refractivity contribution in [3.05, 3.63) is 0 Å². The van der Waals surface area contributed by atoms with Gasteiger partial charge in [-0.15, -0.1) is 0 Å². The molecule has 0 unspecified atom stereocenters. The van der Waals surface area contributed by atoms with Crippen molar-refractivity contribution in [1.82, 2.24) is 0 Å². The second-order valence-corrected chi connectivity index (χ2v) is 18.5. The van der Waals surface area contributed by atoms with E-state index in [1.54, 1.807) is 0 Å². The van der Waals surface area contributed by atoms with Crippen molar-refractivity contribution in [2.24, 2.45) is 5.92 Å². The number of ether oxygens (including phenoxy) is 13. The Bertz CT molecular complexity index is 1210. The van der Waals surface area contributed by atoms with Gasteiger partial charge in [-0.25, -0.2) is 0 Å². The molecule has 0 spiro atoms. The summed E-state index contributed by atoms with van der Waals surface area (Å²) in [4.78, 5) is 13.3. The summed E-state index contributed by atoms with van der Waals surface area (Å²) in [6.45, 7) is 25.8. The van der Waals surface area contributed by atoms with Gasteiger partial charge in [-0.3, -0.25) is 4.79 Å². The lowest BCUT2D eigenvalue weighted by atomic mass is 9.90. The van der Waals surface area contributed by atoms with Gasteiger partial charge in [0.05, 0.1) is 37.9 Å². The fourth-order valence-corrected chi connectivity index (χ4v) is 8.97. The van der Waals surface area contributed by atoms with Gasteiger partial charge >= 0.3 is 5.97 Å². The van der Waals surface area contributed by atoms with E-state index in [4.69, 9.17) is 61.6 Å². The summed E-state index contributed by atoms with van der Waals surface area (Å²) in [7, 11) is 0. The Hall–Kier alpha value is -1.01. The van der Waals surface area contributed by atoms with E-state index in [0.717, 1.165) is 12.8 Å². The first-order valence-corrected chi connectivity index (χ1v) is 20.2. The Morgan fingerprint density at radius 1 is 0.500 bits per heavy atom. The minimum atomic E-state index is -0.826. The molecule has 10 atom stereocenters. The van der Waals surface area contributed by atoms with Gasteiger partial charge in [-0.2, -0.15) is 0 Å². The Kier molecular flexibility index (Phi) is 12.3. The normalized spacial score (nSPS) is 40.2. The second kappa shape index (κ2) is 15.6. The summed E-state index contributed by atoms with van der Waals surface area (Å²) in [6, 6.07) is 0. The molecule has 0 radical (unpaired) electrons. The van der Waals surface area contributed by atoms with Crippen LogP contribution in [0.2, 0.25) is 0 Å². The first kappa shape index (κ1) is 42.6. The monoisotopic (exact) mass is 772 g/mol. The number of hydrogen-bond acceptors (Lipinski definition) is 14. The number of rotatable bonds is 14. The molecule has 312 valence electrons. The Morgan fingerprint density at radius 2 is 0.852 bits per heavy atom. The van der Waals surface area contributed by atoms with Crippen molar-refractivity contribution >= 4 is 5.97 Å². The summed E-state index contributed by atoms with van der Waals surface area (Å²) in [6.07, 6.45) is 0.424. The summed E-state index contributed by atoms with van der Waals surface area (Å²) in [5, 5.41) is 0. The van der Waals surface area contributed by atoms with Gasteiger partial charge in [-0.1, -0.05) is 0 Å². The molecule has 6 rings (SSSR count). The van der Waals surface area contributed by atoms with Gasteiger partial charge in [0.1, 0.15) is 48.8 Å². The van der Waals surface area contributed by atoms with Crippen LogP contribution in [0, 0.1) is 5.92 Å². The van der Waals surface area contributed by atoms with Crippen LogP contribution in [0.5, 0.6) is 0 Å². The van der Waals surface area contributed by atoms with Crippen LogP contribution >= 0.6 is 0 Å². The highest BCUT2D eigenvalue weighted by molar-refractivity contribution is 5.72. The highest BCUT2D eigenvalue weighted by Crippen LogP contribution is 2.45. The Labute approximate surface area is 322 Å². The Morgan fingerprint density at radius 3 is 1.20 bits per heavy atom. The summed E-state index contributed by atoms with van der Waals surface area (Å²) in [5.41, 5.74) is 0. The van der Waals surface area contributed by atoms with Crippen LogP contribution in [0.3, 0.4) is 0 Å². The fourth-order valence-electron chi connectivity index (χ4n) is 8.97. The standard InChI is InChI=1S/C40H68O14/c1-14-42-34(41)23(17-15-19-24-28(49-37(6,7)45-24)32-30(51-39(10,11)53-32)26-21-43-35(2,3)47-26)18-16-20-25-29(50-38(8,9)46-25)33-31(52-40(12,13)54-33)27-22-44-36(4,5)48-27/h23-33H,14-22H2,1-13H3/t24-,25-,26+,27+,28-,29-,30+,31+,32+,33+/m0/s1. The van der Waals surface area contributed by atoms with Crippen molar-refractivity contribution in [2.45, 2.75) is 224 Å². The third-order valence-electron chi connectivity index (χ3n) is 10.9. The predicted octanol–water partition coefficient (Wildman–Crippen LogP) is 5.89. The van der Waals surface area contributed by atoms with E-state index < -0.39 is 71.3 Å². The lowest BCUT2D eigenvalue weighted by Crippen LogP contribution is -2.47. The van der Waals surface area contributed by atoms with Gasteiger partial charge in [0.25, 0.3) is 0 Å². The zero-order valence-electron chi connectivity index (χ0n) is 34.9. The summed E-state index contributed by atoms with van der Waals surface area (Å²) in [5.74, 6) is -5.17. The topological polar surface area (TPSA) is 137 Å². The minimum absolute atomic E-state index is 0.191. The summed E-state index contributed by atoms with van der Waals surface area (Å²) >= 11 is 0. The van der Waals surface area contributed by atoms with Crippen LogP contribution in [-0.2, 0) is 66.4 Å². The van der Waals surface area contributed by atoms with Crippen LogP contribution in [0.1, 0.15) is 129 Å². The van der Waals surface area contributed by atoms with E-state index in [9.17, 15) is 4.79 Å². The molecule has 14 heteroatoms. The number of carbonyl (C=O) groups excluding carboxylic acids is 1. The molecule has 6 aliphatic heterocycles. The van der Waals surface area contributed by atoms with Crippen molar-refractivity contribution < 1.29 is 66.4 Å². The van der Waals surface area contributed by atoms with Crippen molar-refractivity contribution in [2.75, 3.05) is 19.8 Å². The third kappa shape index (κ3) is 10.2. The van der Waals surface area contributed by atoms with Crippen LogP contribution in [0.4, 0.5) is 0 Å². The van der Waals surface area contributed by atoms with E-state index >= 15 is 0 Å². The van der Waals surface area contributed by atoms with E-state index in [-0.39, 0.29) is 36.3 Å². The number of carbonyl (C=O) groups is 1. The van der Waals surface area contributed by atoms with Crippen LogP contribution in [0.15, 0.2) is 0 Å². The minimum Gasteiger partial charge on any atom is -0.466 e. The molecule has 6 heterocycles. The molecule has 54 heavy (non-hydrogen) atoms. The van der Waals surface area contributed by atoms with E-state index in [0.29, 0.717) is 45.5 Å². The highest BCUT2D eigenvalue weighted by atomic mass is 16.8. The van der Waals surface area contributed by atoms with Crippen LogP contribution in [-0.4, -0.2) is 122 Å². The molecule has 0 N–H and O–H groups in total. The molecule has 0 aliphatic carbocycles. The molecule has 6 aliphatic rings. The van der Waals surface area contributed by atoms with Gasteiger partial charge in [0, 0.05) is 0 Å². The Balaban J connectivity index is 1.08. The maximum absolute atomic E-state index is 13.3. The quantitative estimate of drug-likeness (QED) is 0.194. The first-order valence-electron chi connectivity index (χ1n) is 20.2. The van der Waals surface area contributed by atoms with E-state index in [1.807, 2.05) is 90.0 Å². The maximum atomic E-state index is 13.3. The molecule has 0 aromatic carbocycles. The lowest BCUT2D eigenvalue weighted by molar-refractivity contribution is -0.178. The zero-order chi connectivity index (χ0) is 39.5. The van der Waals surface area contributed by atoms with Crippen molar-refractivity contribution in [3.8, 4) is 0 Å². The molecule has 0 bridgehead atoms. The molecule has 0 saturated carbocycles. The van der Waals surface area contributed by atoms with Gasteiger partial charge < -0.3 is 61.6 Å². The largest absolute Gasteiger partial charge is 0.466 e. The number of esters is 1. The van der Waals surface area contributed by atoms with Crippen molar-refractivity contribution in [3.63, 3.8) is 0 Å². The average Bonchev–Trinajstić information content (AvgIpc) is 3.86. The highest BCUT2D eigenvalue weighted by Gasteiger charge is 2.59. The molecular weight excluding hydrogens is 704 g/mol. The van der Waals surface area contributed by atoms with Gasteiger partial charge in [0.2, 0.25) is 0 Å². The molecule has 6 saturated heterocycles. The lowest BCUT2D eigenvalue weighted by Gasteiger charge is -2.29. The average molecular weight is 773 g/mol. The van der Waals surface area contributed by atoms with Crippen LogP contribution in [0.25, 0.3) is 0 Å². The van der Waals surface area contributed by atoms with Gasteiger partial charge in [-0.05, 0) is 129 Å². The zero-order valence-corrected chi connectivity index (χ0v) is 34.9. The maximum Gasteiger partial charge on any atom is 0.308 e. The molecule has 0 aromatic rings. The predicted molar refractivity (Wildman–Crippen MR) is 193 cm³/mol. The molecule has 6 fully saturated rings. The molecular formula is C40H68O14. The fraction of sp³-hybridized carbons (Fsp3) is 0.975. The SMILES string of the molecule is CCOC(=O)C(CCC[C@@H]1OC(C)(C)O[C@@H]1[C@H]1OC(C)(C)O[C@@H]1[C@H]1COC(C)(C)O1)CCC[C@@H]1OC(C)(C)O[C@@H]1[C@H]1OC(C)(C)O[C@@H]1[C@H]1COC(C)(C)O1. The third-order valence-corrected chi connectivity index (χ3v) is 10.9. The number of hydrogen-bond donors (Lipinski definition) is 0. The first-order chi connectivity index (χ1) is 25.0. The molecule has 0 aromatic heterocycles.